The maximum atomic E-state index is 12.7. The lowest BCUT2D eigenvalue weighted by molar-refractivity contribution is -0.122. The predicted molar refractivity (Wildman–Crippen MR) is 160 cm³/mol. The summed E-state index contributed by atoms with van der Waals surface area (Å²) in [6, 6.07) is 7.46. The smallest absolute Gasteiger partial charge is 0.349 e. The Morgan fingerprint density at radius 1 is 1.07 bits per heavy atom. The number of hydrogen-bond acceptors (Lipinski definition) is 10. The molecule has 0 unspecified atom stereocenters. The third kappa shape index (κ3) is 6.88. The minimum absolute atomic E-state index is 0.250. The van der Waals surface area contributed by atoms with Crippen LogP contribution >= 0.6 is 11.6 Å². The van der Waals surface area contributed by atoms with Crippen molar-refractivity contribution < 1.29 is 9.90 Å². The highest BCUT2D eigenvalue weighted by molar-refractivity contribution is 6.32. The summed E-state index contributed by atoms with van der Waals surface area (Å²) >= 11 is 6.50. The van der Waals surface area contributed by atoms with Crippen LogP contribution in [-0.4, -0.2) is 54.2 Å². The van der Waals surface area contributed by atoms with Gasteiger partial charge in [0.05, 0.1) is 17.3 Å². The average Bonchev–Trinajstić information content (AvgIpc) is 2.93. The fourth-order valence-corrected chi connectivity index (χ4v) is 5.20. The zero-order chi connectivity index (χ0) is 29.7. The third-order valence-corrected chi connectivity index (χ3v) is 7.09. The maximum absolute atomic E-state index is 12.7. The van der Waals surface area contributed by atoms with Crippen molar-refractivity contribution in [3.8, 4) is 0 Å². The summed E-state index contributed by atoms with van der Waals surface area (Å²) in [5.74, 6) is 3.36. The van der Waals surface area contributed by atoms with E-state index in [1.54, 1.807) is 31.7 Å². The number of anilines is 4. The second-order valence-corrected chi connectivity index (χ2v) is 11.2. The number of aromatic nitrogens is 6. The molecule has 1 aliphatic heterocycles. The summed E-state index contributed by atoms with van der Waals surface area (Å²) in [6.07, 6.45) is 6.22. The summed E-state index contributed by atoms with van der Waals surface area (Å²) in [4.78, 5) is 45.6. The number of carboxylic acid groups (broad SMARTS) is 1. The molecule has 13 heteroatoms. The zero-order valence-corrected chi connectivity index (χ0v) is 24.4. The lowest BCUT2D eigenvalue weighted by atomic mass is 9.92. The van der Waals surface area contributed by atoms with Gasteiger partial charge in [0.1, 0.15) is 10.8 Å². The maximum Gasteiger partial charge on any atom is 0.349 e. The molecule has 0 bridgehead atoms. The average molecular weight is 580 g/mol. The Hall–Kier alpha value is -4.32. The van der Waals surface area contributed by atoms with Crippen LogP contribution in [0.5, 0.6) is 0 Å². The summed E-state index contributed by atoms with van der Waals surface area (Å²) < 4.78 is 1.52. The van der Waals surface area contributed by atoms with E-state index in [0.717, 1.165) is 29.7 Å². The van der Waals surface area contributed by atoms with Gasteiger partial charge in [0.15, 0.2) is 11.6 Å². The van der Waals surface area contributed by atoms with E-state index in [1.165, 1.54) is 11.0 Å². The van der Waals surface area contributed by atoms with Crippen molar-refractivity contribution in [2.75, 3.05) is 28.6 Å². The molecule has 1 saturated heterocycles. The first kappa shape index (κ1) is 29.7. The molecule has 3 N–H and O–H groups in total. The van der Waals surface area contributed by atoms with Crippen LogP contribution in [0.15, 0.2) is 47.7 Å². The number of piperidine rings is 1. The van der Waals surface area contributed by atoms with Crippen molar-refractivity contribution in [1.82, 2.24) is 29.5 Å². The van der Waals surface area contributed by atoms with E-state index < -0.39 is 5.54 Å². The highest BCUT2D eigenvalue weighted by Gasteiger charge is 2.26. The zero-order valence-electron chi connectivity index (χ0n) is 23.7. The molecule has 12 nitrogen and oxygen atoms in total. The van der Waals surface area contributed by atoms with E-state index in [-0.39, 0.29) is 12.2 Å². The Balaban J connectivity index is 0.00000124. The molecule has 216 valence electrons. The van der Waals surface area contributed by atoms with Crippen LogP contribution in [0.3, 0.4) is 0 Å². The first-order valence-corrected chi connectivity index (χ1v) is 13.6. The molecule has 0 aliphatic carbocycles. The Morgan fingerprint density at radius 2 is 1.73 bits per heavy atom. The lowest BCUT2D eigenvalue weighted by Gasteiger charge is -2.35. The molecule has 0 radical (unpaired) electrons. The molecule has 0 amide bonds. The molecule has 1 aromatic carbocycles. The number of nitrogens with one attached hydrogen (secondary N) is 2. The number of benzene rings is 1. The molecule has 2 atom stereocenters. The van der Waals surface area contributed by atoms with Crippen LogP contribution in [0, 0.1) is 11.8 Å². The van der Waals surface area contributed by atoms with E-state index in [1.807, 2.05) is 32.0 Å². The summed E-state index contributed by atoms with van der Waals surface area (Å²) in [5, 5.41) is 14.8. The van der Waals surface area contributed by atoms with Crippen molar-refractivity contribution in [3.05, 3.63) is 64.2 Å². The fourth-order valence-electron chi connectivity index (χ4n) is 5.06. The van der Waals surface area contributed by atoms with Gasteiger partial charge in [-0.1, -0.05) is 25.4 Å². The van der Waals surface area contributed by atoms with Crippen LogP contribution in [0.1, 0.15) is 39.9 Å². The quantitative estimate of drug-likeness (QED) is 0.278. The monoisotopic (exact) mass is 579 g/mol. The molecule has 5 rings (SSSR count). The Morgan fingerprint density at radius 3 is 2.39 bits per heavy atom. The summed E-state index contributed by atoms with van der Waals surface area (Å²) in [6.45, 7) is 9.98. The minimum atomic E-state index is -0.676. The van der Waals surface area contributed by atoms with Crippen molar-refractivity contribution in [3.63, 3.8) is 0 Å². The fraction of sp³-hybridized carbons (Fsp3) is 0.393. The van der Waals surface area contributed by atoms with E-state index in [4.69, 9.17) is 26.5 Å². The van der Waals surface area contributed by atoms with Crippen molar-refractivity contribution >= 4 is 52.2 Å². The van der Waals surface area contributed by atoms with Crippen molar-refractivity contribution in [2.45, 2.75) is 39.7 Å². The van der Waals surface area contributed by atoms with Crippen LogP contribution in [-0.2, 0) is 17.4 Å². The van der Waals surface area contributed by atoms with Gasteiger partial charge >= 0.3 is 5.69 Å². The van der Waals surface area contributed by atoms with Crippen molar-refractivity contribution in [1.29, 1.82) is 0 Å². The largest absolute Gasteiger partial charge is 0.483 e. The van der Waals surface area contributed by atoms with Gasteiger partial charge in [0.25, 0.3) is 6.47 Å². The van der Waals surface area contributed by atoms with Gasteiger partial charge in [-0.3, -0.25) is 9.36 Å². The number of halogens is 1. The molecule has 1 aliphatic rings. The number of nitrogens with zero attached hydrogens (tertiary/aromatic N) is 7. The highest BCUT2D eigenvalue weighted by atomic mass is 35.5. The molecule has 3 aromatic heterocycles. The highest BCUT2D eigenvalue weighted by Crippen LogP contribution is 2.32. The molecule has 1 fully saturated rings. The second kappa shape index (κ2) is 12.5. The molecule has 4 aromatic rings. The van der Waals surface area contributed by atoms with E-state index in [9.17, 15) is 4.79 Å². The third-order valence-electron chi connectivity index (χ3n) is 6.81. The standard InChI is InChI=1S/C27H32ClN9O.CH2O2/c1-16-11-17(2)15-37(14-16)25-31-13-20(28)23(33-25)32-18-7-8-21-19(12-18)22(34-26(38)36(21)5)35-27(3,4)24-29-9-6-10-30-24;2-1-3/h6-10,12-13,16-17H,11,14-15H2,1-5H3,(H,31,32,33)(H,34,35,38);1H,(H,2,3)/t16-,17+;. The van der Waals surface area contributed by atoms with Crippen LogP contribution < -0.4 is 21.2 Å². The first-order valence-electron chi connectivity index (χ1n) is 13.2. The number of rotatable bonds is 6. The Bertz CT molecular complexity index is 1570. The van der Waals surface area contributed by atoms with Gasteiger partial charge in [0.2, 0.25) is 5.95 Å². The normalized spacial score (nSPS) is 17.0. The number of aryl methyl sites for hydroxylation is 1. The van der Waals surface area contributed by atoms with Gasteiger partial charge in [-0.15, -0.1) is 0 Å². The molecule has 0 spiro atoms. The molecular weight excluding hydrogens is 546 g/mol. The molecule has 0 saturated carbocycles. The van der Waals surface area contributed by atoms with E-state index in [2.05, 4.69) is 49.3 Å². The number of carbonyl (C=O) groups is 1. The van der Waals surface area contributed by atoms with Gasteiger partial charge in [-0.25, -0.2) is 19.7 Å². The minimum Gasteiger partial charge on any atom is -0.483 e. The Labute approximate surface area is 242 Å². The lowest BCUT2D eigenvalue weighted by Crippen LogP contribution is -2.39. The van der Waals surface area contributed by atoms with Crippen molar-refractivity contribution in [2.24, 2.45) is 18.9 Å². The molecule has 4 heterocycles. The molecular formula is C28H34ClN9O3. The van der Waals surface area contributed by atoms with Crippen LogP contribution in [0.4, 0.5) is 23.3 Å². The number of fused-ring (bicyclic) bond motifs is 1. The summed E-state index contributed by atoms with van der Waals surface area (Å²) in [7, 11) is 1.70. The van der Waals surface area contributed by atoms with Crippen LogP contribution in [0.2, 0.25) is 5.02 Å². The van der Waals surface area contributed by atoms with Gasteiger partial charge in [-0.2, -0.15) is 9.97 Å². The second-order valence-electron chi connectivity index (χ2n) is 10.8. The topological polar surface area (TPSA) is 151 Å². The first-order chi connectivity index (χ1) is 19.5. The van der Waals surface area contributed by atoms with E-state index >= 15 is 0 Å². The predicted octanol–water partition coefficient (Wildman–Crippen LogP) is 4.44. The van der Waals surface area contributed by atoms with Gasteiger partial charge in [-0.05, 0) is 56.4 Å². The number of hydrogen-bond donors (Lipinski definition) is 3. The van der Waals surface area contributed by atoms with Gasteiger partial charge < -0.3 is 20.6 Å². The Kier molecular flexibility index (Phi) is 9.01. The van der Waals surface area contributed by atoms with Crippen LogP contribution in [0.25, 0.3) is 10.9 Å². The molecule has 41 heavy (non-hydrogen) atoms. The van der Waals surface area contributed by atoms with Gasteiger partial charge in [0, 0.05) is 43.6 Å². The SMILES string of the molecule is C[C@@H]1C[C@H](C)CN(c2ncc(Cl)c(Nc3ccc4c(c3)c(NC(C)(C)c3ncccn3)nc(=O)n4C)n2)C1.O=CO. The van der Waals surface area contributed by atoms with E-state index in [0.29, 0.717) is 40.3 Å². The summed E-state index contributed by atoms with van der Waals surface area (Å²) in [5.41, 5.74) is 0.444.